The van der Waals surface area contributed by atoms with Crippen LogP contribution in [0.2, 0.25) is 0 Å². The zero-order valence-electron chi connectivity index (χ0n) is 10.5. The number of carbonyl (C=O) groups is 1. The predicted octanol–water partition coefficient (Wildman–Crippen LogP) is 3.13. The van der Waals surface area contributed by atoms with Gasteiger partial charge in [0.05, 0.1) is 5.56 Å². The van der Waals surface area contributed by atoms with E-state index in [4.69, 9.17) is 5.73 Å². The summed E-state index contributed by atoms with van der Waals surface area (Å²) in [6, 6.07) is 4.56. The maximum absolute atomic E-state index is 12.9. The minimum atomic E-state index is -4.62. The lowest BCUT2D eigenvalue weighted by Gasteiger charge is -2.28. The van der Waals surface area contributed by atoms with Gasteiger partial charge in [0.1, 0.15) is 5.54 Å². The van der Waals surface area contributed by atoms with Crippen LogP contribution in [0.5, 0.6) is 0 Å². The van der Waals surface area contributed by atoms with Crippen molar-refractivity contribution in [2.75, 3.05) is 0 Å². The lowest BCUT2D eigenvalue weighted by molar-refractivity contribution is -0.146. The summed E-state index contributed by atoms with van der Waals surface area (Å²) in [7, 11) is 0. The summed E-state index contributed by atoms with van der Waals surface area (Å²) in [6.45, 7) is 1.82. The van der Waals surface area contributed by atoms with E-state index in [0.717, 1.165) is 12.1 Å². The molecule has 1 atom stereocenters. The first-order valence-electron chi connectivity index (χ1n) is 5.92. The number of hydrogen-bond acceptors (Lipinski definition) is 2. The Hall–Kier alpha value is -1.56. The van der Waals surface area contributed by atoms with Crippen LogP contribution in [0.1, 0.15) is 37.3 Å². The summed E-state index contributed by atoms with van der Waals surface area (Å²) in [4.78, 5) is 11.3. The van der Waals surface area contributed by atoms with Gasteiger partial charge in [0, 0.05) is 0 Å². The first-order chi connectivity index (χ1) is 8.73. The van der Waals surface area contributed by atoms with Crippen molar-refractivity contribution < 1.29 is 23.1 Å². The predicted molar refractivity (Wildman–Crippen MR) is 64.5 cm³/mol. The van der Waals surface area contributed by atoms with Gasteiger partial charge in [-0.05, 0) is 18.1 Å². The van der Waals surface area contributed by atoms with Crippen molar-refractivity contribution in [1.29, 1.82) is 0 Å². The van der Waals surface area contributed by atoms with Crippen molar-refractivity contribution >= 4 is 5.97 Å². The number of aliphatic carboxylic acids is 1. The van der Waals surface area contributed by atoms with E-state index in [0.29, 0.717) is 12.8 Å². The van der Waals surface area contributed by atoms with Crippen LogP contribution in [0, 0.1) is 0 Å². The molecule has 1 aromatic rings. The van der Waals surface area contributed by atoms with Crippen molar-refractivity contribution in [1.82, 2.24) is 0 Å². The van der Waals surface area contributed by atoms with Gasteiger partial charge in [-0.15, -0.1) is 0 Å². The largest absolute Gasteiger partial charge is 0.480 e. The highest BCUT2D eigenvalue weighted by Crippen LogP contribution is 2.37. The zero-order chi connectivity index (χ0) is 14.7. The Kier molecular flexibility index (Phi) is 4.57. The highest BCUT2D eigenvalue weighted by Gasteiger charge is 2.43. The Balaban J connectivity index is 3.35. The molecule has 3 nitrogen and oxygen atoms in total. The molecule has 19 heavy (non-hydrogen) atoms. The Morgan fingerprint density at radius 2 is 1.79 bits per heavy atom. The highest BCUT2D eigenvalue weighted by atomic mass is 19.4. The number of nitrogens with two attached hydrogens (primary N) is 1. The topological polar surface area (TPSA) is 63.3 Å². The van der Waals surface area contributed by atoms with Gasteiger partial charge in [0.15, 0.2) is 0 Å². The maximum Gasteiger partial charge on any atom is 0.416 e. The average molecular weight is 275 g/mol. The Morgan fingerprint density at radius 1 is 1.26 bits per heavy atom. The molecule has 1 aromatic carbocycles. The van der Waals surface area contributed by atoms with Gasteiger partial charge in [0.2, 0.25) is 0 Å². The van der Waals surface area contributed by atoms with Crippen LogP contribution >= 0.6 is 0 Å². The number of alkyl halides is 3. The second kappa shape index (κ2) is 5.61. The third-order valence-corrected chi connectivity index (χ3v) is 3.02. The fourth-order valence-corrected chi connectivity index (χ4v) is 1.93. The van der Waals surface area contributed by atoms with Gasteiger partial charge in [-0.2, -0.15) is 13.2 Å². The first-order valence-corrected chi connectivity index (χ1v) is 5.92. The molecular formula is C13H16F3NO2. The van der Waals surface area contributed by atoms with Crippen LogP contribution in [0.15, 0.2) is 24.3 Å². The molecule has 0 aliphatic rings. The van der Waals surface area contributed by atoms with Crippen LogP contribution in [0.3, 0.4) is 0 Å². The lowest BCUT2D eigenvalue weighted by atomic mass is 9.83. The number of rotatable bonds is 5. The summed E-state index contributed by atoms with van der Waals surface area (Å²) < 4.78 is 38.7. The van der Waals surface area contributed by atoms with E-state index in [9.17, 15) is 23.1 Å². The van der Waals surface area contributed by atoms with Crippen LogP contribution in [0.4, 0.5) is 13.2 Å². The number of carboxylic acid groups (broad SMARTS) is 1. The monoisotopic (exact) mass is 275 g/mol. The quantitative estimate of drug-likeness (QED) is 0.867. The van der Waals surface area contributed by atoms with E-state index in [1.165, 1.54) is 12.1 Å². The standard InChI is InChI=1S/C13H16F3NO2/c1-2-3-8-12(17,11(18)19)9-6-4-5-7-10(9)13(14,15)16/h4-7H,2-3,8,17H2,1H3,(H,18,19). The smallest absolute Gasteiger partial charge is 0.416 e. The Morgan fingerprint density at radius 3 is 2.21 bits per heavy atom. The van der Waals surface area contributed by atoms with Gasteiger partial charge >= 0.3 is 12.1 Å². The molecule has 106 valence electrons. The van der Waals surface area contributed by atoms with E-state index in [1.54, 1.807) is 0 Å². The first kappa shape index (κ1) is 15.5. The summed E-state index contributed by atoms with van der Waals surface area (Å²) in [5.41, 5.74) is 2.36. The number of hydrogen-bond donors (Lipinski definition) is 2. The molecule has 0 saturated heterocycles. The van der Waals surface area contributed by atoms with Crippen molar-refractivity contribution in [2.45, 2.75) is 37.9 Å². The molecule has 0 fully saturated rings. The molecule has 0 radical (unpaired) electrons. The summed E-state index contributed by atoms with van der Waals surface area (Å²) >= 11 is 0. The SMILES string of the molecule is CCCCC(N)(C(=O)O)c1ccccc1C(F)(F)F. The molecule has 0 aromatic heterocycles. The summed E-state index contributed by atoms with van der Waals surface area (Å²) in [5.74, 6) is -1.45. The molecule has 0 aliphatic heterocycles. The normalized spacial score (nSPS) is 15.0. The third-order valence-electron chi connectivity index (χ3n) is 3.02. The Bertz CT molecular complexity index is 459. The number of carboxylic acids is 1. The van der Waals surface area contributed by atoms with E-state index in [1.807, 2.05) is 6.92 Å². The van der Waals surface area contributed by atoms with Crippen molar-refractivity contribution in [3.8, 4) is 0 Å². The minimum Gasteiger partial charge on any atom is -0.480 e. The van der Waals surface area contributed by atoms with Gasteiger partial charge in [-0.25, -0.2) is 4.79 Å². The second-order valence-corrected chi connectivity index (χ2v) is 4.42. The van der Waals surface area contributed by atoms with Crippen molar-refractivity contribution in [3.63, 3.8) is 0 Å². The van der Waals surface area contributed by atoms with Crippen LogP contribution in [0.25, 0.3) is 0 Å². The van der Waals surface area contributed by atoms with Gasteiger partial charge < -0.3 is 10.8 Å². The average Bonchev–Trinajstić information content (AvgIpc) is 2.34. The molecule has 6 heteroatoms. The minimum absolute atomic E-state index is 0.0358. The fourth-order valence-electron chi connectivity index (χ4n) is 1.93. The number of unbranched alkanes of at least 4 members (excludes halogenated alkanes) is 1. The molecular weight excluding hydrogens is 259 g/mol. The van der Waals surface area contributed by atoms with E-state index in [2.05, 4.69) is 0 Å². The molecule has 0 saturated carbocycles. The molecule has 0 heterocycles. The molecule has 0 bridgehead atoms. The van der Waals surface area contributed by atoms with Crippen molar-refractivity contribution in [2.24, 2.45) is 5.73 Å². The molecule has 0 aliphatic carbocycles. The maximum atomic E-state index is 12.9. The van der Waals surface area contributed by atoms with Gasteiger partial charge in [-0.1, -0.05) is 38.0 Å². The van der Waals surface area contributed by atoms with Crippen molar-refractivity contribution in [3.05, 3.63) is 35.4 Å². The Labute approximate surface area is 109 Å². The number of halogens is 3. The van der Waals surface area contributed by atoms with Crippen LogP contribution < -0.4 is 5.73 Å². The second-order valence-electron chi connectivity index (χ2n) is 4.42. The van der Waals surface area contributed by atoms with Crippen LogP contribution in [-0.2, 0) is 16.5 Å². The third kappa shape index (κ3) is 3.26. The van der Waals surface area contributed by atoms with Gasteiger partial charge in [-0.3, -0.25) is 0 Å². The molecule has 0 spiro atoms. The summed E-state index contributed by atoms with van der Waals surface area (Å²) in [6.07, 6.45) is -3.57. The van der Waals surface area contributed by atoms with E-state index in [-0.39, 0.29) is 12.0 Å². The number of benzene rings is 1. The zero-order valence-corrected chi connectivity index (χ0v) is 10.5. The fraction of sp³-hybridized carbons (Fsp3) is 0.462. The van der Waals surface area contributed by atoms with E-state index < -0.39 is 23.2 Å². The molecule has 1 rings (SSSR count). The molecule has 3 N–H and O–H groups in total. The van der Waals surface area contributed by atoms with Gasteiger partial charge in [0.25, 0.3) is 0 Å². The van der Waals surface area contributed by atoms with E-state index >= 15 is 0 Å². The molecule has 1 unspecified atom stereocenters. The lowest BCUT2D eigenvalue weighted by Crippen LogP contribution is -2.46. The van der Waals surface area contributed by atoms with Crippen LogP contribution in [-0.4, -0.2) is 11.1 Å². The highest BCUT2D eigenvalue weighted by molar-refractivity contribution is 5.81. The summed E-state index contributed by atoms with van der Waals surface area (Å²) in [5, 5.41) is 9.21. The molecule has 0 amide bonds.